The van der Waals surface area contributed by atoms with E-state index in [4.69, 9.17) is 10.5 Å². The molecule has 0 fully saturated rings. The number of aromatic nitrogens is 1. The number of halogens is 1. The van der Waals surface area contributed by atoms with E-state index < -0.39 is 11.9 Å². The molecule has 1 aromatic heterocycles. The van der Waals surface area contributed by atoms with E-state index in [2.05, 4.69) is 27.8 Å². The molecule has 28 heavy (non-hydrogen) atoms. The van der Waals surface area contributed by atoms with Crippen LogP contribution in [0.15, 0.2) is 65.3 Å². The summed E-state index contributed by atoms with van der Waals surface area (Å²) in [5.41, 5.74) is 8.05. The highest BCUT2D eigenvalue weighted by Crippen LogP contribution is 2.23. The lowest BCUT2D eigenvalue weighted by Gasteiger charge is -2.27. The second kappa shape index (κ2) is 10.3. The standard InChI is InChI=1S/C21H26BrN3O3/c1-4-17(21(23)27)20(19-10-16(22)11-25(19)3)24-18(12-26)14(2)28-13-15-8-6-5-7-9-15/h4-11,14,18,24,26H,1,12-13H2,2-3H3,(H2,23,27)/b20-17-/t14-,18?/m1/s1. The molecule has 2 atom stereocenters. The first kappa shape index (κ1) is 21.9. The Hall–Kier alpha value is -2.35. The number of carbonyl (C=O) groups excluding carboxylic acids is 1. The number of primary amides is 1. The summed E-state index contributed by atoms with van der Waals surface area (Å²) in [6, 6.07) is 11.2. The van der Waals surface area contributed by atoms with Gasteiger partial charge in [0.25, 0.3) is 5.91 Å². The average Bonchev–Trinajstić information content (AvgIpc) is 3.01. The van der Waals surface area contributed by atoms with E-state index in [1.165, 1.54) is 6.08 Å². The van der Waals surface area contributed by atoms with Crippen LogP contribution in [0.4, 0.5) is 0 Å². The monoisotopic (exact) mass is 447 g/mol. The molecule has 4 N–H and O–H groups in total. The average molecular weight is 448 g/mol. The van der Waals surface area contributed by atoms with E-state index in [1.54, 1.807) is 0 Å². The summed E-state index contributed by atoms with van der Waals surface area (Å²) >= 11 is 3.44. The van der Waals surface area contributed by atoms with Gasteiger partial charge in [0, 0.05) is 17.7 Å². The van der Waals surface area contributed by atoms with Gasteiger partial charge in [-0.15, -0.1) is 0 Å². The second-order valence-electron chi connectivity index (χ2n) is 6.45. The Morgan fingerprint density at radius 3 is 2.61 bits per heavy atom. The smallest absolute Gasteiger partial charge is 0.250 e. The zero-order valence-corrected chi connectivity index (χ0v) is 17.6. The SMILES string of the molecule is C=C/C(C(N)=O)=C(/NC(CO)[C@@H](C)OCc1ccccc1)c1cc(Br)cn1C. The van der Waals surface area contributed by atoms with Gasteiger partial charge in [-0.05, 0) is 34.5 Å². The predicted molar refractivity (Wildman–Crippen MR) is 114 cm³/mol. The minimum atomic E-state index is -0.607. The van der Waals surface area contributed by atoms with Gasteiger partial charge in [0.05, 0.1) is 42.3 Å². The van der Waals surface area contributed by atoms with Gasteiger partial charge in [0.2, 0.25) is 0 Å². The molecule has 0 aliphatic heterocycles. The van der Waals surface area contributed by atoms with Crippen molar-refractivity contribution >= 4 is 27.5 Å². The summed E-state index contributed by atoms with van der Waals surface area (Å²) in [7, 11) is 1.85. The zero-order chi connectivity index (χ0) is 20.7. The fourth-order valence-electron chi connectivity index (χ4n) is 2.80. The van der Waals surface area contributed by atoms with E-state index in [0.29, 0.717) is 12.3 Å². The van der Waals surface area contributed by atoms with Crippen LogP contribution in [0.2, 0.25) is 0 Å². The number of amides is 1. The lowest BCUT2D eigenvalue weighted by Crippen LogP contribution is -2.42. The number of hydrogen-bond acceptors (Lipinski definition) is 4. The minimum absolute atomic E-state index is 0.186. The number of benzene rings is 1. The predicted octanol–water partition coefficient (Wildman–Crippen LogP) is 2.73. The number of aryl methyl sites for hydroxylation is 1. The summed E-state index contributed by atoms with van der Waals surface area (Å²) in [5, 5.41) is 13.2. The molecule has 1 amide bonds. The van der Waals surface area contributed by atoms with Crippen molar-refractivity contribution in [2.24, 2.45) is 12.8 Å². The van der Waals surface area contributed by atoms with Crippen LogP contribution in [-0.4, -0.2) is 34.3 Å². The molecule has 0 radical (unpaired) electrons. The quantitative estimate of drug-likeness (QED) is 0.385. The molecule has 0 bridgehead atoms. The first-order chi connectivity index (χ1) is 13.4. The van der Waals surface area contributed by atoms with Crippen molar-refractivity contribution < 1.29 is 14.6 Å². The van der Waals surface area contributed by atoms with Crippen LogP contribution in [0.25, 0.3) is 5.70 Å². The van der Waals surface area contributed by atoms with Gasteiger partial charge in [0.1, 0.15) is 0 Å². The molecular weight excluding hydrogens is 422 g/mol. The summed E-state index contributed by atoms with van der Waals surface area (Å²) in [6.45, 7) is 5.80. The number of aliphatic hydroxyl groups excluding tert-OH is 1. The number of hydrogen-bond donors (Lipinski definition) is 3. The molecule has 1 heterocycles. The van der Waals surface area contributed by atoms with E-state index in [1.807, 2.05) is 61.1 Å². The Morgan fingerprint density at radius 1 is 1.43 bits per heavy atom. The summed E-state index contributed by atoms with van der Waals surface area (Å²) in [4.78, 5) is 12.0. The van der Waals surface area contributed by atoms with E-state index >= 15 is 0 Å². The molecule has 0 aliphatic rings. The number of nitrogens with one attached hydrogen (secondary N) is 1. The van der Waals surface area contributed by atoms with Crippen LogP contribution < -0.4 is 11.1 Å². The molecule has 7 heteroatoms. The highest BCUT2D eigenvalue weighted by molar-refractivity contribution is 9.10. The Balaban J connectivity index is 2.26. The molecule has 0 aliphatic carbocycles. The Morgan fingerprint density at radius 2 is 2.11 bits per heavy atom. The maximum absolute atomic E-state index is 12.0. The number of nitrogens with two attached hydrogens (primary N) is 1. The van der Waals surface area contributed by atoms with E-state index in [9.17, 15) is 9.90 Å². The normalized spacial score (nSPS) is 14.1. The number of nitrogens with zero attached hydrogens (tertiary/aromatic N) is 1. The number of rotatable bonds is 10. The third-order valence-corrected chi connectivity index (χ3v) is 4.85. The van der Waals surface area contributed by atoms with E-state index in [0.717, 1.165) is 15.7 Å². The summed E-state index contributed by atoms with van der Waals surface area (Å²) in [5.74, 6) is -0.607. The fraction of sp³-hybridized carbons (Fsp3) is 0.286. The lowest BCUT2D eigenvalue weighted by atomic mass is 10.1. The fourth-order valence-corrected chi connectivity index (χ4v) is 3.33. The van der Waals surface area contributed by atoms with Crippen LogP contribution in [0, 0.1) is 0 Å². The van der Waals surface area contributed by atoms with Crippen molar-refractivity contribution in [2.45, 2.75) is 25.7 Å². The van der Waals surface area contributed by atoms with Gasteiger partial charge in [-0.2, -0.15) is 0 Å². The Kier molecular flexibility index (Phi) is 8.04. The van der Waals surface area contributed by atoms with Gasteiger partial charge >= 0.3 is 0 Å². The van der Waals surface area contributed by atoms with Gasteiger partial charge in [-0.1, -0.05) is 43.0 Å². The maximum atomic E-state index is 12.0. The van der Waals surface area contributed by atoms with Crippen LogP contribution in [0.1, 0.15) is 18.2 Å². The highest BCUT2D eigenvalue weighted by atomic mass is 79.9. The number of ether oxygens (including phenoxy) is 1. The largest absolute Gasteiger partial charge is 0.394 e. The lowest BCUT2D eigenvalue weighted by molar-refractivity contribution is -0.114. The molecular formula is C21H26BrN3O3. The van der Waals surface area contributed by atoms with Crippen LogP contribution >= 0.6 is 15.9 Å². The molecule has 1 unspecified atom stereocenters. The van der Waals surface area contributed by atoms with E-state index in [-0.39, 0.29) is 18.3 Å². The second-order valence-corrected chi connectivity index (χ2v) is 7.36. The van der Waals surface area contributed by atoms with Gasteiger partial charge < -0.3 is 25.5 Å². The van der Waals surface area contributed by atoms with Crippen molar-refractivity contribution in [3.05, 3.63) is 76.6 Å². The topological polar surface area (TPSA) is 89.5 Å². The van der Waals surface area contributed by atoms with Crippen molar-refractivity contribution in [1.82, 2.24) is 9.88 Å². The summed E-state index contributed by atoms with van der Waals surface area (Å²) < 4.78 is 8.63. The van der Waals surface area contributed by atoms with Gasteiger partial charge in [-0.3, -0.25) is 4.79 Å². The third kappa shape index (κ3) is 5.58. The number of carbonyl (C=O) groups is 1. The molecule has 0 spiro atoms. The van der Waals surface area contributed by atoms with Crippen molar-refractivity contribution in [3.8, 4) is 0 Å². The molecule has 0 saturated heterocycles. The van der Waals surface area contributed by atoms with Crippen LogP contribution in [0.5, 0.6) is 0 Å². The third-order valence-electron chi connectivity index (χ3n) is 4.42. The van der Waals surface area contributed by atoms with Crippen LogP contribution in [0.3, 0.4) is 0 Å². The Labute approximate surface area is 173 Å². The first-order valence-electron chi connectivity index (χ1n) is 8.89. The number of aliphatic hydroxyl groups is 1. The molecule has 150 valence electrons. The molecule has 2 aromatic rings. The zero-order valence-electron chi connectivity index (χ0n) is 16.1. The summed E-state index contributed by atoms with van der Waals surface area (Å²) in [6.07, 6.45) is 2.94. The molecule has 2 rings (SSSR count). The van der Waals surface area contributed by atoms with Crippen molar-refractivity contribution in [2.75, 3.05) is 6.61 Å². The Bertz CT molecular complexity index is 846. The van der Waals surface area contributed by atoms with Crippen LogP contribution in [-0.2, 0) is 23.2 Å². The van der Waals surface area contributed by atoms with Gasteiger partial charge in [-0.25, -0.2) is 0 Å². The van der Waals surface area contributed by atoms with Crippen molar-refractivity contribution in [3.63, 3.8) is 0 Å². The first-order valence-corrected chi connectivity index (χ1v) is 9.68. The van der Waals surface area contributed by atoms with Gasteiger partial charge in [0.15, 0.2) is 0 Å². The molecule has 6 nitrogen and oxygen atoms in total. The minimum Gasteiger partial charge on any atom is -0.394 e. The molecule has 0 saturated carbocycles. The maximum Gasteiger partial charge on any atom is 0.250 e. The highest BCUT2D eigenvalue weighted by Gasteiger charge is 2.23. The van der Waals surface area contributed by atoms with Crippen molar-refractivity contribution in [1.29, 1.82) is 0 Å². The molecule has 1 aromatic carbocycles.